The number of benzene rings is 2. The molecule has 1 N–H and O–H groups in total. The van der Waals surface area contributed by atoms with E-state index < -0.39 is 58.6 Å². The Morgan fingerprint density at radius 1 is 1.03 bits per heavy atom. The Kier molecular flexibility index (Phi) is 5.40. The maximum Gasteiger partial charge on any atom is 0.422 e. The van der Waals surface area contributed by atoms with Gasteiger partial charge in [-0.15, -0.1) is 5.10 Å². The molecule has 3 aliphatic carbocycles. The number of aliphatic hydroxyl groups is 1. The van der Waals surface area contributed by atoms with Crippen LogP contribution in [-0.4, -0.2) is 43.8 Å². The lowest BCUT2D eigenvalue weighted by Gasteiger charge is -2.76. The van der Waals surface area contributed by atoms with Crippen molar-refractivity contribution in [3.05, 3.63) is 71.6 Å². The van der Waals surface area contributed by atoms with E-state index in [1.807, 2.05) is 0 Å². The fourth-order valence-corrected chi connectivity index (χ4v) is 5.90. The van der Waals surface area contributed by atoms with Crippen molar-refractivity contribution in [2.45, 2.75) is 55.6 Å². The molecule has 3 aromatic rings. The lowest BCUT2D eigenvalue weighted by atomic mass is 9.28. The zero-order chi connectivity index (χ0) is 26.0. The van der Waals surface area contributed by atoms with Gasteiger partial charge >= 0.3 is 6.18 Å². The van der Waals surface area contributed by atoms with E-state index in [1.54, 1.807) is 12.1 Å². The smallest absolute Gasteiger partial charge is 0.422 e. The highest BCUT2D eigenvalue weighted by molar-refractivity contribution is 5.45. The largest absolute Gasteiger partial charge is 0.484 e. The number of nitrogens with zero attached hydrogens (tertiary/aromatic N) is 4. The summed E-state index contributed by atoms with van der Waals surface area (Å²) in [6.45, 7) is -0.701. The highest BCUT2D eigenvalue weighted by Crippen LogP contribution is 2.80. The highest BCUT2D eigenvalue weighted by Gasteiger charge is 2.79. The van der Waals surface area contributed by atoms with E-state index in [1.165, 1.54) is 19.1 Å². The number of alkyl halides is 4. The van der Waals surface area contributed by atoms with Crippen LogP contribution in [0.5, 0.6) is 5.75 Å². The summed E-state index contributed by atoms with van der Waals surface area (Å²) >= 11 is 0. The minimum Gasteiger partial charge on any atom is -0.484 e. The van der Waals surface area contributed by atoms with E-state index >= 15 is 4.39 Å². The van der Waals surface area contributed by atoms with Crippen LogP contribution in [0, 0.1) is 17.0 Å². The second-order valence-corrected chi connectivity index (χ2v) is 10.0. The average Bonchev–Trinajstić information content (AvgIpc) is 3.23. The van der Waals surface area contributed by atoms with Crippen molar-refractivity contribution in [1.82, 2.24) is 20.2 Å². The van der Waals surface area contributed by atoms with Crippen molar-refractivity contribution >= 4 is 0 Å². The van der Waals surface area contributed by atoms with E-state index in [4.69, 9.17) is 4.74 Å². The molecule has 6 rings (SSSR count). The lowest BCUT2D eigenvalue weighted by Crippen LogP contribution is -2.76. The first-order valence-corrected chi connectivity index (χ1v) is 11.2. The third kappa shape index (κ3) is 3.73. The molecule has 0 aliphatic heterocycles. The fourth-order valence-electron chi connectivity index (χ4n) is 5.90. The predicted molar refractivity (Wildman–Crippen MR) is 114 cm³/mol. The van der Waals surface area contributed by atoms with Gasteiger partial charge < -0.3 is 9.84 Å². The maximum absolute atomic E-state index is 16.8. The van der Waals surface area contributed by atoms with Gasteiger partial charge in [0.15, 0.2) is 6.61 Å². The summed E-state index contributed by atoms with van der Waals surface area (Å²) < 4.78 is 88.2. The van der Waals surface area contributed by atoms with Crippen molar-refractivity contribution in [3.8, 4) is 5.75 Å². The third-order valence-corrected chi connectivity index (χ3v) is 7.83. The Bertz CT molecular complexity index is 1240. The number of hydrogen-bond donors (Lipinski definition) is 1. The molecular formula is C24H22F6N4O2. The predicted octanol–water partition coefficient (Wildman–Crippen LogP) is 4.63. The molecule has 0 amide bonds. The van der Waals surface area contributed by atoms with Gasteiger partial charge in [0.05, 0.1) is 6.54 Å². The SMILES string of the molecule is C[C@](F)(C12CC(c3ccc(OCC(F)(F)F)cc3)(C1)C2)[C@@](O)(Cn1cnnn1)c1ccc(F)cc1F. The van der Waals surface area contributed by atoms with Crippen molar-refractivity contribution < 1.29 is 36.2 Å². The van der Waals surface area contributed by atoms with Gasteiger partial charge in [0, 0.05) is 17.0 Å². The summed E-state index contributed by atoms with van der Waals surface area (Å²) in [6.07, 6.45) is -2.30. The Morgan fingerprint density at radius 2 is 1.69 bits per heavy atom. The molecule has 2 aromatic carbocycles. The van der Waals surface area contributed by atoms with Gasteiger partial charge in [-0.3, -0.25) is 0 Å². The molecule has 2 bridgehead atoms. The average molecular weight is 512 g/mol. The second kappa shape index (κ2) is 7.92. The van der Waals surface area contributed by atoms with Crippen molar-refractivity contribution in [2.75, 3.05) is 6.61 Å². The highest BCUT2D eigenvalue weighted by atomic mass is 19.4. The molecule has 12 heteroatoms. The number of halogens is 6. The first-order chi connectivity index (χ1) is 16.8. The number of rotatable bonds is 8. The van der Waals surface area contributed by atoms with E-state index in [2.05, 4.69) is 15.5 Å². The third-order valence-electron chi connectivity index (χ3n) is 7.83. The minimum atomic E-state index is -4.45. The van der Waals surface area contributed by atoms with Gasteiger partial charge in [-0.25, -0.2) is 17.9 Å². The minimum absolute atomic E-state index is 0.0651. The number of ether oxygens (including phenoxy) is 1. The molecule has 3 saturated carbocycles. The molecule has 6 nitrogen and oxygen atoms in total. The summed E-state index contributed by atoms with van der Waals surface area (Å²) in [5.74, 6) is -1.89. The van der Waals surface area contributed by atoms with Crippen LogP contribution < -0.4 is 4.74 Å². The molecule has 3 fully saturated rings. The standard InChI is InChI=1S/C24H22F6N4O2/c1-20(27,23(35,12-34-14-31-32-33-34)18-7-4-16(25)8-19(18)26)22-9-21(10-22,11-22)15-2-5-17(6-3-15)36-13-24(28,29)30/h2-8,14,35H,9-13H2,1H3/t20-,21?,22?,23+/m0/s1. The van der Waals surface area contributed by atoms with Gasteiger partial charge in [0.2, 0.25) is 0 Å². The van der Waals surface area contributed by atoms with E-state index in [0.717, 1.165) is 28.7 Å². The van der Waals surface area contributed by atoms with Gasteiger partial charge in [-0.05, 0) is 65.8 Å². The Labute approximate surface area is 201 Å². The summed E-state index contributed by atoms with van der Waals surface area (Å²) in [6, 6.07) is 8.73. The van der Waals surface area contributed by atoms with Crippen LogP contribution in [0.25, 0.3) is 0 Å². The Hall–Kier alpha value is -3.15. The van der Waals surface area contributed by atoms with Crippen LogP contribution in [0.4, 0.5) is 26.3 Å². The first-order valence-electron chi connectivity index (χ1n) is 11.2. The molecule has 0 radical (unpaired) electrons. The van der Waals surface area contributed by atoms with Gasteiger partial charge in [-0.1, -0.05) is 18.2 Å². The summed E-state index contributed by atoms with van der Waals surface area (Å²) in [7, 11) is 0. The quantitative estimate of drug-likeness (QED) is 0.446. The number of tetrazole rings is 1. The lowest BCUT2D eigenvalue weighted by molar-refractivity contribution is -0.289. The number of aromatic nitrogens is 4. The molecule has 3 aliphatic rings. The van der Waals surface area contributed by atoms with Gasteiger partial charge in [0.1, 0.15) is 35.0 Å². The molecule has 2 atom stereocenters. The first kappa shape index (κ1) is 24.5. The molecule has 1 aromatic heterocycles. The normalized spacial score (nSPS) is 26.3. The van der Waals surface area contributed by atoms with Crippen molar-refractivity contribution in [1.29, 1.82) is 0 Å². The van der Waals surface area contributed by atoms with E-state index in [0.29, 0.717) is 25.3 Å². The van der Waals surface area contributed by atoms with Crippen molar-refractivity contribution in [2.24, 2.45) is 5.41 Å². The molecule has 0 saturated heterocycles. The summed E-state index contributed by atoms with van der Waals surface area (Å²) in [5, 5.41) is 22.4. The van der Waals surface area contributed by atoms with E-state index in [9.17, 15) is 27.1 Å². The van der Waals surface area contributed by atoms with Gasteiger partial charge in [0.25, 0.3) is 0 Å². The molecule has 192 valence electrons. The fraction of sp³-hybridized carbons (Fsp3) is 0.458. The molecule has 0 unspecified atom stereocenters. The second-order valence-electron chi connectivity index (χ2n) is 10.0. The summed E-state index contributed by atoms with van der Waals surface area (Å²) in [5.41, 5.74) is -5.81. The maximum atomic E-state index is 16.8. The van der Waals surface area contributed by atoms with Crippen LogP contribution in [0.15, 0.2) is 48.8 Å². The molecule has 1 heterocycles. The molecule has 0 spiro atoms. The van der Waals surface area contributed by atoms with E-state index in [-0.39, 0.29) is 5.75 Å². The monoisotopic (exact) mass is 512 g/mol. The summed E-state index contributed by atoms with van der Waals surface area (Å²) in [4.78, 5) is 0. The Morgan fingerprint density at radius 3 is 2.25 bits per heavy atom. The zero-order valence-electron chi connectivity index (χ0n) is 19.1. The molecule has 36 heavy (non-hydrogen) atoms. The molecular weight excluding hydrogens is 490 g/mol. The topological polar surface area (TPSA) is 73.1 Å². The zero-order valence-corrected chi connectivity index (χ0v) is 19.1. The van der Waals surface area contributed by atoms with Crippen LogP contribution >= 0.6 is 0 Å². The van der Waals surface area contributed by atoms with Crippen LogP contribution in [0.1, 0.15) is 37.3 Å². The number of hydrogen-bond acceptors (Lipinski definition) is 5. The van der Waals surface area contributed by atoms with Crippen molar-refractivity contribution in [3.63, 3.8) is 0 Å². The van der Waals surface area contributed by atoms with Gasteiger partial charge in [-0.2, -0.15) is 13.2 Å². The van der Waals surface area contributed by atoms with Crippen LogP contribution in [0.2, 0.25) is 0 Å². The van der Waals surface area contributed by atoms with Crippen LogP contribution in [-0.2, 0) is 17.6 Å². The Balaban J connectivity index is 1.39. The van der Waals surface area contributed by atoms with Crippen LogP contribution in [0.3, 0.4) is 0 Å².